The molecule has 0 spiro atoms. The van der Waals surface area contributed by atoms with E-state index in [1.807, 2.05) is 25.9 Å². The first kappa shape index (κ1) is 16.3. The topological polar surface area (TPSA) is 79.7 Å². The molecule has 1 aromatic carbocycles. The molecule has 0 unspecified atom stereocenters. The molecule has 6 nitrogen and oxygen atoms in total. The van der Waals surface area contributed by atoms with Crippen molar-refractivity contribution >= 4 is 11.0 Å². The Morgan fingerprint density at radius 1 is 1.33 bits per heavy atom. The molecule has 0 saturated heterocycles. The molecule has 0 bridgehead atoms. The van der Waals surface area contributed by atoms with Crippen molar-refractivity contribution in [1.82, 2.24) is 10.1 Å². The molecule has 0 amide bonds. The zero-order valence-corrected chi connectivity index (χ0v) is 14.0. The monoisotopic (exact) mass is 328 g/mol. The summed E-state index contributed by atoms with van der Waals surface area (Å²) in [5.74, 6) is 0.204. The second kappa shape index (κ2) is 6.49. The maximum Gasteiger partial charge on any atom is 0.202 e. The Labute approximate surface area is 139 Å². The van der Waals surface area contributed by atoms with Gasteiger partial charge in [-0.2, -0.15) is 0 Å². The van der Waals surface area contributed by atoms with Gasteiger partial charge in [-0.25, -0.2) is 0 Å². The highest BCUT2D eigenvalue weighted by molar-refractivity contribution is 5.86. The molecule has 0 radical (unpaired) electrons. The van der Waals surface area contributed by atoms with Gasteiger partial charge in [-0.05, 0) is 32.1 Å². The SMILES string of the molecule is CCCc1cc2c(=O)c(-c3ccon3)coc2c(CN(C)C)c1O. The van der Waals surface area contributed by atoms with E-state index in [0.29, 0.717) is 40.8 Å². The number of rotatable bonds is 5. The van der Waals surface area contributed by atoms with Gasteiger partial charge in [-0.1, -0.05) is 18.5 Å². The van der Waals surface area contributed by atoms with Gasteiger partial charge < -0.3 is 18.9 Å². The van der Waals surface area contributed by atoms with Crippen molar-refractivity contribution in [3.63, 3.8) is 0 Å². The third kappa shape index (κ3) is 2.80. The van der Waals surface area contributed by atoms with Gasteiger partial charge in [-0.15, -0.1) is 0 Å². The highest BCUT2D eigenvalue weighted by Gasteiger charge is 2.19. The molecule has 0 fully saturated rings. The fourth-order valence-corrected chi connectivity index (χ4v) is 2.84. The summed E-state index contributed by atoms with van der Waals surface area (Å²) in [4.78, 5) is 14.8. The summed E-state index contributed by atoms with van der Waals surface area (Å²) in [6.45, 7) is 2.51. The number of aryl methyl sites for hydroxylation is 1. The van der Waals surface area contributed by atoms with E-state index in [-0.39, 0.29) is 11.2 Å². The van der Waals surface area contributed by atoms with Crippen LogP contribution in [0.1, 0.15) is 24.5 Å². The Hall–Kier alpha value is -2.60. The molecule has 6 heteroatoms. The van der Waals surface area contributed by atoms with Crippen LogP contribution >= 0.6 is 0 Å². The van der Waals surface area contributed by atoms with Crippen LogP contribution in [0.25, 0.3) is 22.2 Å². The molecular weight excluding hydrogens is 308 g/mol. The number of fused-ring (bicyclic) bond motifs is 1. The Bertz CT molecular complexity index is 911. The largest absolute Gasteiger partial charge is 0.507 e. The molecule has 0 aliphatic heterocycles. The molecule has 0 saturated carbocycles. The lowest BCUT2D eigenvalue weighted by Gasteiger charge is -2.16. The highest BCUT2D eigenvalue weighted by atomic mass is 16.5. The summed E-state index contributed by atoms with van der Waals surface area (Å²) in [5.41, 5.74) is 2.40. The van der Waals surface area contributed by atoms with Crippen LogP contribution < -0.4 is 5.43 Å². The second-order valence-corrected chi connectivity index (χ2v) is 6.09. The predicted octanol–water partition coefficient (Wildman–Crippen LogP) is 3.17. The van der Waals surface area contributed by atoms with E-state index >= 15 is 0 Å². The van der Waals surface area contributed by atoms with Crippen LogP contribution in [0.5, 0.6) is 5.75 Å². The van der Waals surface area contributed by atoms with Gasteiger partial charge in [0.05, 0.1) is 16.5 Å². The third-order valence-electron chi connectivity index (χ3n) is 3.92. The minimum Gasteiger partial charge on any atom is -0.507 e. The summed E-state index contributed by atoms with van der Waals surface area (Å²) in [7, 11) is 3.80. The molecule has 126 valence electrons. The molecule has 2 heterocycles. The Balaban J connectivity index is 2.31. The number of benzene rings is 1. The summed E-state index contributed by atoms with van der Waals surface area (Å²) in [6, 6.07) is 3.34. The van der Waals surface area contributed by atoms with Crippen molar-refractivity contribution in [2.75, 3.05) is 14.1 Å². The molecule has 3 rings (SSSR count). The van der Waals surface area contributed by atoms with Crippen LogP contribution in [-0.4, -0.2) is 29.3 Å². The van der Waals surface area contributed by atoms with Gasteiger partial charge in [-0.3, -0.25) is 4.79 Å². The van der Waals surface area contributed by atoms with Gasteiger partial charge in [0, 0.05) is 12.6 Å². The van der Waals surface area contributed by atoms with Crippen LogP contribution in [0.15, 0.2) is 38.4 Å². The molecule has 0 atom stereocenters. The molecular formula is C18H20N2O4. The van der Waals surface area contributed by atoms with Gasteiger partial charge in [0.25, 0.3) is 0 Å². The van der Waals surface area contributed by atoms with Gasteiger partial charge in [0.2, 0.25) is 5.43 Å². The van der Waals surface area contributed by atoms with E-state index in [0.717, 1.165) is 12.0 Å². The predicted molar refractivity (Wildman–Crippen MR) is 91.0 cm³/mol. The van der Waals surface area contributed by atoms with Crippen molar-refractivity contribution < 1.29 is 14.0 Å². The van der Waals surface area contributed by atoms with Crippen LogP contribution in [0.4, 0.5) is 0 Å². The molecule has 2 aromatic heterocycles. The lowest BCUT2D eigenvalue weighted by atomic mass is 9.99. The second-order valence-electron chi connectivity index (χ2n) is 6.09. The number of phenolic OH excluding ortho intramolecular Hbond substituents is 1. The number of phenols is 1. The van der Waals surface area contributed by atoms with Gasteiger partial charge in [0.15, 0.2) is 0 Å². The average molecular weight is 328 g/mol. The summed E-state index contributed by atoms with van der Waals surface area (Å²) < 4.78 is 10.5. The third-order valence-corrected chi connectivity index (χ3v) is 3.92. The smallest absolute Gasteiger partial charge is 0.202 e. The lowest BCUT2D eigenvalue weighted by Crippen LogP contribution is -2.13. The first-order valence-corrected chi connectivity index (χ1v) is 7.87. The number of hydrogen-bond acceptors (Lipinski definition) is 6. The Kier molecular flexibility index (Phi) is 4.40. The van der Waals surface area contributed by atoms with Crippen LogP contribution in [-0.2, 0) is 13.0 Å². The van der Waals surface area contributed by atoms with E-state index in [1.54, 1.807) is 12.1 Å². The molecule has 0 aliphatic rings. The Morgan fingerprint density at radius 2 is 2.12 bits per heavy atom. The number of aromatic nitrogens is 1. The minimum absolute atomic E-state index is 0.178. The lowest BCUT2D eigenvalue weighted by molar-refractivity contribution is 0.382. The van der Waals surface area contributed by atoms with Crippen molar-refractivity contribution in [3.8, 4) is 17.0 Å². The molecule has 0 aliphatic carbocycles. The van der Waals surface area contributed by atoms with E-state index < -0.39 is 0 Å². The van der Waals surface area contributed by atoms with Crippen LogP contribution in [0.2, 0.25) is 0 Å². The zero-order valence-electron chi connectivity index (χ0n) is 14.0. The van der Waals surface area contributed by atoms with E-state index in [1.165, 1.54) is 12.5 Å². The highest BCUT2D eigenvalue weighted by Crippen LogP contribution is 2.32. The van der Waals surface area contributed by atoms with Crippen LogP contribution in [0.3, 0.4) is 0 Å². The molecule has 3 aromatic rings. The number of hydrogen-bond donors (Lipinski definition) is 1. The summed E-state index contributed by atoms with van der Waals surface area (Å²) in [5, 5.41) is 14.9. The van der Waals surface area contributed by atoms with Crippen molar-refractivity contribution in [2.24, 2.45) is 0 Å². The van der Waals surface area contributed by atoms with E-state index in [2.05, 4.69) is 5.16 Å². The summed E-state index contributed by atoms with van der Waals surface area (Å²) in [6.07, 6.45) is 4.35. The maximum atomic E-state index is 12.9. The maximum absolute atomic E-state index is 12.9. The standard InChI is InChI=1S/C18H20N2O4/c1-4-5-11-8-12-17(22)14(15-6-7-24-19-15)10-23-18(12)13(16(11)21)9-20(2)3/h6-8,10,21H,4-5,9H2,1-3H3. The van der Waals surface area contributed by atoms with E-state index in [9.17, 15) is 9.90 Å². The number of nitrogens with zero attached hydrogens (tertiary/aromatic N) is 2. The minimum atomic E-state index is -0.178. The van der Waals surface area contributed by atoms with Crippen molar-refractivity contribution in [1.29, 1.82) is 0 Å². The zero-order chi connectivity index (χ0) is 17.3. The number of aromatic hydroxyl groups is 1. The fraction of sp³-hybridized carbons (Fsp3) is 0.333. The Morgan fingerprint density at radius 3 is 2.75 bits per heavy atom. The summed E-state index contributed by atoms with van der Waals surface area (Å²) >= 11 is 0. The molecule has 24 heavy (non-hydrogen) atoms. The van der Waals surface area contributed by atoms with Gasteiger partial charge in [0.1, 0.15) is 29.6 Å². The van der Waals surface area contributed by atoms with Crippen molar-refractivity contribution in [3.05, 3.63) is 46.0 Å². The van der Waals surface area contributed by atoms with E-state index in [4.69, 9.17) is 8.94 Å². The quantitative estimate of drug-likeness (QED) is 0.775. The first-order valence-electron chi connectivity index (χ1n) is 7.87. The van der Waals surface area contributed by atoms with Crippen molar-refractivity contribution in [2.45, 2.75) is 26.3 Å². The fourth-order valence-electron chi connectivity index (χ4n) is 2.84. The van der Waals surface area contributed by atoms with Crippen LogP contribution in [0, 0.1) is 0 Å². The molecule has 1 N–H and O–H groups in total. The normalized spacial score (nSPS) is 11.5. The van der Waals surface area contributed by atoms with Gasteiger partial charge >= 0.3 is 0 Å². The first-order chi connectivity index (χ1) is 11.5. The average Bonchev–Trinajstić information content (AvgIpc) is 3.06.